The maximum Gasteiger partial charge on any atom is 0.251 e. The van der Waals surface area contributed by atoms with Crippen molar-refractivity contribution < 1.29 is 44.7 Å². The van der Waals surface area contributed by atoms with Crippen LogP contribution in [0.25, 0.3) is 0 Å². The molecule has 10 nitrogen and oxygen atoms in total. The van der Waals surface area contributed by atoms with Gasteiger partial charge in [-0.2, -0.15) is 0 Å². The van der Waals surface area contributed by atoms with Gasteiger partial charge in [-0.3, -0.25) is 19.2 Å². The van der Waals surface area contributed by atoms with E-state index in [1.54, 1.807) is 39.8 Å². The van der Waals surface area contributed by atoms with E-state index in [0.29, 0.717) is 0 Å². The topological polar surface area (TPSA) is 181 Å². The minimum atomic E-state index is -1.15. The van der Waals surface area contributed by atoms with E-state index >= 15 is 0 Å². The standard InChI is InChI=1S/C35H45NO9/c1-15-10-9-11-16(2)35(45)36-28-22(8)33(43)26-23(34(28)44)13-19(5)32(42)27(26)31(41)18(4)12-17(3)30(40)21(7)25(38)14-24(37)20(6)29(15)39/h9-13,15,17,20-21,24-25,29-30,37-40,42H,14H2,1-8H3,(H,36,45)/t15-,17+,20+,21+,24+,25+,29-,30+/m1/s1. The summed E-state index contributed by atoms with van der Waals surface area (Å²) in [6, 6.07) is 1.31. The van der Waals surface area contributed by atoms with Crippen LogP contribution in [0.5, 0.6) is 5.75 Å². The molecule has 10 heteroatoms. The molecule has 0 aromatic heterocycles. The van der Waals surface area contributed by atoms with Crippen molar-refractivity contribution >= 4 is 23.3 Å². The second kappa shape index (κ2) is 14.2. The van der Waals surface area contributed by atoms with E-state index in [0.717, 1.165) is 0 Å². The lowest BCUT2D eigenvalue weighted by Gasteiger charge is -2.32. The van der Waals surface area contributed by atoms with Gasteiger partial charge in [0.25, 0.3) is 5.91 Å². The largest absolute Gasteiger partial charge is 0.507 e. The first kappa shape index (κ1) is 35.8. The fourth-order valence-corrected chi connectivity index (χ4v) is 5.83. The first-order chi connectivity index (χ1) is 20.9. The Morgan fingerprint density at radius 2 is 1.29 bits per heavy atom. The molecule has 0 unspecified atom stereocenters. The number of Topliss-reactive ketones (excluding diaryl/α,β-unsaturated/α-hetero) is 3. The van der Waals surface area contributed by atoms with Crippen molar-refractivity contribution in [1.29, 1.82) is 0 Å². The average molecular weight is 624 g/mol. The molecule has 1 aromatic carbocycles. The highest BCUT2D eigenvalue weighted by Gasteiger charge is 2.38. The van der Waals surface area contributed by atoms with Crippen molar-refractivity contribution in [2.24, 2.45) is 23.7 Å². The quantitative estimate of drug-likeness (QED) is 0.252. The highest BCUT2D eigenvalue weighted by Crippen LogP contribution is 2.37. The van der Waals surface area contributed by atoms with Gasteiger partial charge in [-0.05, 0) is 51.3 Å². The fourth-order valence-electron chi connectivity index (χ4n) is 5.83. The number of nitrogens with one attached hydrogen (secondary N) is 1. The van der Waals surface area contributed by atoms with Crippen molar-refractivity contribution in [3.8, 4) is 5.75 Å². The zero-order chi connectivity index (χ0) is 34.1. The Bertz CT molecular complexity index is 1510. The van der Waals surface area contributed by atoms with Crippen LogP contribution in [0, 0.1) is 30.6 Å². The Hall–Kier alpha value is -3.70. The van der Waals surface area contributed by atoms with Crippen LogP contribution in [0.1, 0.15) is 91.5 Å². The Labute approximate surface area is 263 Å². The third kappa shape index (κ3) is 7.25. The molecule has 0 saturated heterocycles. The molecule has 1 aromatic rings. The van der Waals surface area contributed by atoms with Gasteiger partial charge in [0.2, 0.25) is 5.78 Å². The highest BCUT2D eigenvalue weighted by molar-refractivity contribution is 6.31. The Morgan fingerprint density at radius 1 is 0.733 bits per heavy atom. The third-order valence-electron chi connectivity index (χ3n) is 9.21. The molecule has 0 saturated carbocycles. The van der Waals surface area contributed by atoms with Crippen LogP contribution < -0.4 is 5.32 Å². The molecular formula is C35H45NO9. The van der Waals surface area contributed by atoms with E-state index in [4.69, 9.17) is 0 Å². The van der Waals surface area contributed by atoms with E-state index < -0.39 is 77.1 Å². The lowest BCUT2D eigenvalue weighted by molar-refractivity contribution is -0.116. The molecule has 1 amide bonds. The number of aryl methyl sites for hydroxylation is 1. The highest BCUT2D eigenvalue weighted by atomic mass is 16.3. The SMILES string of the molecule is CC1=CC=C[C@@H](C)[C@@H](O)[C@@H](C)[C@@H](O)C[C@H](O)[C@H](C)[C@@H](O)[C@@H](C)C=C(C)C(=O)c2c(O)c(C)cc3c2C(=O)C(C)=C(NC1=O)C3=O. The molecule has 6 N–H and O–H groups in total. The van der Waals surface area contributed by atoms with Crippen molar-refractivity contribution in [1.82, 2.24) is 5.32 Å². The number of hydrogen-bond acceptors (Lipinski definition) is 9. The van der Waals surface area contributed by atoms with Gasteiger partial charge in [-0.1, -0.05) is 52.0 Å². The van der Waals surface area contributed by atoms with Crippen LogP contribution in [0.15, 0.2) is 52.8 Å². The van der Waals surface area contributed by atoms with Crippen LogP contribution in [-0.4, -0.2) is 73.2 Å². The molecule has 4 rings (SSSR count). The van der Waals surface area contributed by atoms with E-state index in [9.17, 15) is 44.7 Å². The van der Waals surface area contributed by atoms with Crippen LogP contribution in [0.2, 0.25) is 0 Å². The minimum Gasteiger partial charge on any atom is -0.507 e. The Morgan fingerprint density at radius 3 is 1.87 bits per heavy atom. The molecule has 3 aliphatic rings. The van der Waals surface area contributed by atoms with E-state index in [-0.39, 0.29) is 51.1 Å². The van der Waals surface area contributed by atoms with Crippen molar-refractivity contribution in [2.75, 3.05) is 0 Å². The number of rotatable bonds is 0. The monoisotopic (exact) mass is 623 g/mol. The van der Waals surface area contributed by atoms with Gasteiger partial charge < -0.3 is 30.8 Å². The van der Waals surface area contributed by atoms with Gasteiger partial charge in [-0.15, -0.1) is 0 Å². The molecule has 1 aliphatic carbocycles. The van der Waals surface area contributed by atoms with Crippen LogP contribution in [0.4, 0.5) is 0 Å². The molecule has 2 heterocycles. The number of ketones is 3. The molecule has 2 aliphatic heterocycles. The summed E-state index contributed by atoms with van der Waals surface area (Å²) in [6.45, 7) is 12.5. The normalized spacial score (nSPS) is 31.1. The van der Waals surface area contributed by atoms with E-state index in [2.05, 4.69) is 5.32 Å². The number of carbonyl (C=O) groups is 4. The smallest absolute Gasteiger partial charge is 0.251 e. The first-order valence-corrected chi connectivity index (χ1v) is 15.2. The summed E-state index contributed by atoms with van der Waals surface area (Å²) in [6.07, 6.45) is 1.67. The van der Waals surface area contributed by atoms with Crippen molar-refractivity contribution in [3.63, 3.8) is 0 Å². The van der Waals surface area contributed by atoms with Crippen LogP contribution in [0.3, 0.4) is 0 Å². The zero-order valence-corrected chi connectivity index (χ0v) is 27.1. The number of aromatic hydroxyl groups is 1. The average Bonchev–Trinajstić information content (AvgIpc) is 2.99. The van der Waals surface area contributed by atoms with Gasteiger partial charge in [0.05, 0.1) is 35.7 Å². The van der Waals surface area contributed by atoms with E-state index in [1.807, 2.05) is 0 Å². The third-order valence-corrected chi connectivity index (χ3v) is 9.21. The predicted molar refractivity (Wildman–Crippen MR) is 169 cm³/mol. The van der Waals surface area contributed by atoms with Gasteiger partial charge in [0.1, 0.15) is 5.75 Å². The van der Waals surface area contributed by atoms with Gasteiger partial charge in [0.15, 0.2) is 11.6 Å². The Balaban J connectivity index is 2.18. The number of allylic oxidation sites excluding steroid dienone is 5. The maximum absolute atomic E-state index is 13.8. The second-order valence-electron chi connectivity index (χ2n) is 12.7. The number of fused-ring (bicyclic) bond motifs is 15. The molecule has 244 valence electrons. The lowest BCUT2D eigenvalue weighted by atomic mass is 9.80. The summed E-state index contributed by atoms with van der Waals surface area (Å²) in [7, 11) is 0. The number of benzene rings is 1. The summed E-state index contributed by atoms with van der Waals surface area (Å²) in [5.41, 5.74) is -0.612. The number of aliphatic hydroxyl groups is 4. The second-order valence-corrected chi connectivity index (χ2v) is 12.7. The molecule has 0 radical (unpaired) electrons. The zero-order valence-electron chi connectivity index (χ0n) is 27.1. The Kier molecular flexibility index (Phi) is 11.3. The molecule has 45 heavy (non-hydrogen) atoms. The lowest BCUT2D eigenvalue weighted by Crippen LogP contribution is -2.40. The molecular weight excluding hydrogens is 578 g/mol. The van der Waals surface area contributed by atoms with Crippen molar-refractivity contribution in [3.05, 3.63) is 75.0 Å². The summed E-state index contributed by atoms with van der Waals surface area (Å²) in [5.74, 6) is -5.71. The number of phenols is 1. The summed E-state index contributed by atoms with van der Waals surface area (Å²) < 4.78 is 0. The number of hydrogen-bond donors (Lipinski definition) is 6. The fraction of sp³-hybridized carbons (Fsp3) is 0.486. The van der Waals surface area contributed by atoms with Gasteiger partial charge in [-0.25, -0.2) is 0 Å². The number of amides is 1. The number of phenolic OH excluding ortho intramolecular Hbond substituents is 1. The number of aliphatic hydroxyl groups excluding tert-OH is 4. The van der Waals surface area contributed by atoms with Crippen LogP contribution >= 0.6 is 0 Å². The van der Waals surface area contributed by atoms with E-state index in [1.165, 1.54) is 45.9 Å². The van der Waals surface area contributed by atoms with Crippen LogP contribution in [-0.2, 0) is 4.79 Å². The summed E-state index contributed by atoms with van der Waals surface area (Å²) in [4.78, 5) is 54.1. The molecule has 0 spiro atoms. The van der Waals surface area contributed by atoms with Gasteiger partial charge in [0, 0.05) is 45.9 Å². The first-order valence-electron chi connectivity index (χ1n) is 15.2. The molecule has 4 bridgehead atoms. The summed E-state index contributed by atoms with van der Waals surface area (Å²) in [5, 5.41) is 57.1. The maximum atomic E-state index is 13.8. The minimum absolute atomic E-state index is 0.0877. The van der Waals surface area contributed by atoms with Gasteiger partial charge >= 0.3 is 0 Å². The molecule has 0 fully saturated rings. The number of carbonyl (C=O) groups excluding carboxylic acids is 4. The molecule has 8 atom stereocenters. The van der Waals surface area contributed by atoms with Crippen molar-refractivity contribution in [2.45, 2.75) is 86.2 Å². The summed E-state index contributed by atoms with van der Waals surface area (Å²) >= 11 is 0. The predicted octanol–water partition coefficient (Wildman–Crippen LogP) is 3.49.